The van der Waals surface area contributed by atoms with Gasteiger partial charge in [0, 0.05) is 18.2 Å². The molecule has 3 rings (SSSR count). The van der Waals surface area contributed by atoms with Gasteiger partial charge in [-0.25, -0.2) is 14.4 Å². The first kappa shape index (κ1) is 24.8. The highest BCUT2D eigenvalue weighted by molar-refractivity contribution is 5.95. The van der Waals surface area contributed by atoms with Gasteiger partial charge in [-0.15, -0.1) is 0 Å². The summed E-state index contributed by atoms with van der Waals surface area (Å²) < 4.78 is 5.61. The van der Waals surface area contributed by atoms with Crippen LogP contribution in [-0.2, 0) is 14.3 Å². The minimum atomic E-state index is -1.12. The summed E-state index contributed by atoms with van der Waals surface area (Å²) in [5.41, 5.74) is 0.538. The van der Waals surface area contributed by atoms with Crippen molar-refractivity contribution in [2.75, 3.05) is 18.4 Å². The summed E-state index contributed by atoms with van der Waals surface area (Å²) in [7, 11) is 0. The standard InChI is InChI=1S/C25H29N3O6/c1-25(2,3)34-23(32)21-19(16-8-5-4-6-9-16)12-13-28(21)20(29)15-26-24(33)27-18-11-7-10-17(14-18)22(30)31/h4-11,14,19,21H,12-13,15H2,1-3H3,(H,30,31)(H2,26,27,33). The van der Waals surface area contributed by atoms with Crippen LogP contribution in [-0.4, -0.2) is 58.6 Å². The van der Waals surface area contributed by atoms with Crippen LogP contribution in [0, 0.1) is 0 Å². The molecular formula is C25H29N3O6. The van der Waals surface area contributed by atoms with Crippen molar-refractivity contribution >= 4 is 29.6 Å². The normalized spacial score (nSPS) is 17.7. The van der Waals surface area contributed by atoms with Crippen LogP contribution in [0.15, 0.2) is 54.6 Å². The number of carbonyl (C=O) groups is 4. The molecule has 3 N–H and O–H groups in total. The maximum atomic E-state index is 13.1. The summed E-state index contributed by atoms with van der Waals surface area (Å²) in [4.78, 5) is 50.9. The summed E-state index contributed by atoms with van der Waals surface area (Å²) >= 11 is 0. The lowest BCUT2D eigenvalue weighted by Gasteiger charge is -2.30. The van der Waals surface area contributed by atoms with Crippen molar-refractivity contribution in [2.45, 2.75) is 44.8 Å². The molecule has 1 heterocycles. The van der Waals surface area contributed by atoms with Gasteiger partial charge in [-0.1, -0.05) is 36.4 Å². The highest BCUT2D eigenvalue weighted by atomic mass is 16.6. The zero-order chi connectivity index (χ0) is 24.9. The van der Waals surface area contributed by atoms with E-state index in [-0.39, 0.29) is 23.7 Å². The van der Waals surface area contributed by atoms with E-state index in [9.17, 15) is 19.2 Å². The SMILES string of the molecule is CC(C)(C)OC(=O)C1C(c2ccccc2)CCN1C(=O)CNC(=O)Nc1cccc(C(=O)O)c1. The number of anilines is 1. The third-order valence-electron chi connectivity index (χ3n) is 5.36. The third-order valence-corrected chi connectivity index (χ3v) is 5.36. The Morgan fingerprint density at radius 2 is 1.76 bits per heavy atom. The molecule has 2 unspecified atom stereocenters. The van der Waals surface area contributed by atoms with Crippen molar-refractivity contribution in [3.05, 3.63) is 65.7 Å². The number of hydrogen-bond acceptors (Lipinski definition) is 5. The number of nitrogens with zero attached hydrogens (tertiary/aromatic N) is 1. The molecule has 1 aliphatic rings. The second kappa shape index (κ2) is 10.4. The first-order chi connectivity index (χ1) is 16.0. The Morgan fingerprint density at radius 1 is 1.06 bits per heavy atom. The van der Waals surface area contributed by atoms with Crippen LogP contribution in [0.2, 0.25) is 0 Å². The van der Waals surface area contributed by atoms with E-state index in [1.165, 1.54) is 29.2 Å². The van der Waals surface area contributed by atoms with E-state index in [1.54, 1.807) is 20.8 Å². The average Bonchev–Trinajstić information content (AvgIpc) is 3.23. The molecule has 9 nitrogen and oxygen atoms in total. The van der Waals surface area contributed by atoms with Gasteiger partial charge in [0.25, 0.3) is 0 Å². The van der Waals surface area contributed by atoms with E-state index in [1.807, 2.05) is 30.3 Å². The summed E-state index contributed by atoms with van der Waals surface area (Å²) in [5.74, 6) is -2.23. The van der Waals surface area contributed by atoms with Crippen molar-refractivity contribution in [1.82, 2.24) is 10.2 Å². The summed E-state index contributed by atoms with van der Waals surface area (Å²) in [6.07, 6.45) is 0.591. The topological polar surface area (TPSA) is 125 Å². The van der Waals surface area contributed by atoms with Crippen LogP contribution in [0.3, 0.4) is 0 Å². The number of amides is 3. The molecule has 34 heavy (non-hydrogen) atoms. The number of hydrogen-bond donors (Lipinski definition) is 3. The summed E-state index contributed by atoms with van der Waals surface area (Å²) in [6.45, 7) is 5.34. The van der Waals surface area contributed by atoms with E-state index in [0.29, 0.717) is 13.0 Å². The lowest BCUT2D eigenvalue weighted by Crippen LogP contribution is -2.49. The lowest BCUT2D eigenvalue weighted by atomic mass is 9.91. The maximum absolute atomic E-state index is 13.1. The molecule has 0 aromatic heterocycles. The Kier molecular flexibility index (Phi) is 7.55. The minimum Gasteiger partial charge on any atom is -0.478 e. The van der Waals surface area contributed by atoms with Crippen molar-refractivity contribution < 1.29 is 29.0 Å². The van der Waals surface area contributed by atoms with Gasteiger partial charge in [0.2, 0.25) is 5.91 Å². The van der Waals surface area contributed by atoms with Crippen LogP contribution in [0.1, 0.15) is 49.0 Å². The van der Waals surface area contributed by atoms with E-state index in [0.717, 1.165) is 5.56 Å². The van der Waals surface area contributed by atoms with Gasteiger partial charge in [-0.2, -0.15) is 0 Å². The number of aromatic carboxylic acids is 1. The van der Waals surface area contributed by atoms with Crippen LogP contribution in [0.25, 0.3) is 0 Å². The molecule has 0 saturated carbocycles. The third kappa shape index (κ3) is 6.34. The fourth-order valence-electron chi connectivity index (χ4n) is 3.94. The highest BCUT2D eigenvalue weighted by Gasteiger charge is 2.44. The van der Waals surface area contributed by atoms with Crippen LogP contribution >= 0.6 is 0 Å². The molecule has 3 amide bonds. The number of nitrogens with one attached hydrogen (secondary N) is 2. The number of carboxylic acid groups (broad SMARTS) is 1. The van der Waals surface area contributed by atoms with Gasteiger partial charge in [0.15, 0.2) is 0 Å². The van der Waals surface area contributed by atoms with Gasteiger partial charge < -0.3 is 25.4 Å². The molecule has 0 aliphatic carbocycles. The van der Waals surface area contributed by atoms with Crippen molar-refractivity contribution in [2.24, 2.45) is 0 Å². The predicted octanol–water partition coefficient (Wildman–Crippen LogP) is 3.23. The Labute approximate surface area is 198 Å². The van der Waals surface area contributed by atoms with Gasteiger partial charge in [-0.3, -0.25) is 4.79 Å². The van der Waals surface area contributed by atoms with E-state index < -0.39 is 35.5 Å². The molecule has 9 heteroatoms. The second-order valence-electron chi connectivity index (χ2n) is 9.06. The zero-order valence-corrected chi connectivity index (χ0v) is 19.4. The molecule has 180 valence electrons. The number of carbonyl (C=O) groups excluding carboxylic acids is 3. The Morgan fingerprint density at radius 3 is 2.41 bits per heavy atom. The summed E-state index contributed by atoms with van der Waals surface area (Å²) in [5, 5.41) is 14.1. The predicted molar refractivity (Wildman–Crippen MR) is 126 cm³/mol. The Hall–Kier alpha value is -3.88. The molecule has 0 radical (unpaired) electrons. The number of urea groups is 1. The molecule has 1 saturated heterocycles. The Balaban J connectivity index is 1.68. The molecule has 2 atom stereocenters. The average molecular weight is 468 g/mol. The van der Waals surface area contributed by atoms with Crippen molar-refractivity contribution in [3.8, 4) is 0 Å². The molecule has 1 fully saturated rings. The number of esters is 1. The Bertz CT molecular complexity index is 1060. The van der Waals surface area contributed by atoms with Gasteiger partial charge in [0.05, 0.1) is 12.1 Å². The molecule has 0 bridgehead atoms. The maximum Gasteiger partial charge on any atom is 0.335 e. The molecule has 1 aliphatic heterocycles. The van der Waals surface area contributed by atoms with Crippen LogP contribution in [0.4, 0.5) is 10.5 Å². The first-order valence-corrected chi connectivity index (χ1v) is 11.0. The van der Waals surface area contributed by atoms with Crippen LogP contribution < -0.4 is 10.6 Å². The van der Waals surface area contributed by atoms with Gasteiger partial charge in [0.1, 0.15) is 11.6 Å². The molecule has 0 spiro atoms. The van der Waals surface area contributed by atoms with E-state index in [2.05, 4.69) is 10.6 Å². The van der Waals surface area contributed by atoms with Crippen LogP contribution in [0.5, 0.6) is 0 Å². The van der Waals surface area contributed by atoms with Gasteiger partial charge >= 0.3 is 18.0 Å². The minimum absolute atomic E-state index is 0.0260. The molecule has 2 aromatic carbocycles. The first-order valence-electron chi connectivity index (χ1n) is 11.0. The van der Waals surface area contributed by atoms with Crippen molar-refractivity contribution in [1.29, 1.82) is 0 Å². The number of ether oxygens (including phenoxy) is 1. The van der Waals surface area contributed by atoms with E-state index >= 15 is 0 Å². The summed E-state index contributed by atoms with van der Waals surface area (Å²) in [6, 6.07) is 13.8. The molecular weight excluding hydrogens is 438 g/mol. The largest absolute Gasteiger partial charge is 0.478 e. The van der Waals surface area contributed by atoms with E-state index in [4.69, 9.17) is 9.84 Å². The lowest BCUT2D eigenvalue weighted by molar-refractivity contribution is -0.163. The zero-order valence-electron chi connectivity index (χ0n) is 19.4. The smallest absolute Gasteiger partial charge is 0.335 e. The molecule has 2 aromatic rings. The van der Waals surface area contributed by atoms with Gasteiger partial charge in [-0.05, 0) is 51.0 Å². The van der Waals surface area contributed by atoms with Crippen molar-refractivity contribution in [3.63, 3.8) is 0 Å². The fraction of sp³-hybridized carbons (Fsp3) is 0.360. The number of benzene rings is 2. The highest BCUT2D eigenvalue weighted by Crippen LogP contribution is 2.35. The number of rotatable bonds is 6. The fourth-order valence-corrected chi connectivity index (χ4v) is 3.94. The second-order valence-corrected chi connectivity index (χ2v) is 9.06. The number of likely N-dealkylation sites (tertiary alicyclic amines) is 1. The quantitative estimate of drug-likeness (QED) is 0.560. The monoisotopic (exact) mass is 467 g/mol. The number of carboxylic acids is 1.